The van der Waals surface area contributed by atoms with E-state index in [0.29, 0.717) is 11.3 Å². The van der Waals surface area contributed by atoms with E-state index in [0.717, 1.165) is 17.3 Å². The third kappa shape index (κ3) is 4.69. The predicted octanol–water partition coefficient (Wildman–Crippen LogP) is 3.73. The molecule has 0 aliphatic carbocycles. The van der Waals surface area contributed by atoms with Gasteiger partial charge in [-0.15, -0.1) is 0 Å². The van der Waals surface area contributed by atoms with Crippen LogP contribution < -0.4 is 11.1 Å². The van der Waals surface area contributed by atoms with Crippen molar-refractivity contribution < 1.29 is 4.79 Å². The monoisotopic (exact) mass is 312 g/mol. The molecule has 0 bridgehead atoms. The third-order valence-corrected chi connectivity index (χ3v) is 3.54. The van der Waals surface area contributed by atoms with E-state index in [1.54, 1.807) is 18.2 Å². The maximum atomic E-state index is 12.1. The molecule has 0 spiro atoms. The fraction of sp³-hybridized carbons (Fsp3) is 0.500. The van der Waals surface area contributed by atoms with Crippen molar-refractivity contribution in [1.29, 1.82) is 0 Å². The lowest BCUT2D eigenvalue weighted by Gasteiger charge is -2.14. The maximum Gasteiger partial charge on any atom is 0.252 e. The molecule has 1 aromatic carbocycles. The van der Waals surface area contributed by atoms with Crippen LogP contribution in [0.4, 0.5) is 5.69 Å². The minimum Gasteiger partial charge on any atom is -0.399 e. The lowest BCUT2D eigenvalue weighted by molar-refractivity contribution is 0.0937. The van der Waals surface area contributed by atoms with Gasteiger partial charge in [0.05, 0.1) is 5.56 Å². The number of carbonyl (C=O) groups excluding carboxylic acids is 1. The van der Waals surface area contributed by atoms with Crippen LogP contribution in [-0.2, 0) is 0 Å². The zero-order valence-corrected chi connectivity index (χ0v) is 12.6. The molecule has 0 heterocycles. The Labute approximate surface area is 117 Å². The molecule has 18 heavy (non-hydrogen) atoms. The van der Waals surface area contributed by atoms with Crippen LogP contribution in [-0.4, -0.2) is 11.9 Å². The lowest BCUT2D eigenvalue weighted by atomic mass is 10.1. The molecule has 0 aliphatic heterocycles. The summed E-state index contributed by atoms with van der Waals surface area (Å²) >= 11 is 3.37. The average molecular weight is 313 g/mol. The number of benzene rings is 1. The summed E-state index contributed by atoms with van der Waals surface area (Å²) in [5, 5.41) is 3.00. The Morgan fingerprint density at radius 2 is 2.17 bits per heavy atom. The van der Waals surface area contributed by atoms with Crippen LogP contribution in [0.1, 0.15) is 49.9 Å². The summed E-state index contributed by atoms with van der Waals surface area (Å²) in [5.74, 6) is -0.0711. The first-order valence-corrected chi connectivity index (χ1v) is 7.19. The SMILES string of the molecule is CCCCCC(C)NC(=O)c1cc(N)ccc1Br. The number of carbonyl (C=O) groups is 1. The molecule has 100 valence electrons. The molecule has 1 rings (SSSR count). The lowest BCUT2D eigenvalue weighted by Crippen LogP contribution is -2.32. The molecule has 0 fully saturated rings. The predicted molar refractivity (Wildman–Crippen MR) is 79.6 cm³/mol. The van der Waals surface area contributed by atoms with Gasteiger partial charge in [0.2, 0.25) is 0 Å². The largest absolute Gasteiger partial charge is 0.399 e. The van der Waals surface area contributed by atoms with Crippen LogP contribution >= 0.6 is 15.9 Å². The van der Waals surface area contributed by atoms with Crippen molar-refractivity contribution in [1.82, 2.24) is 5.32 Å². The molecule has 0 aliphatic rings. The van der Waals surface area contributed by atoms with E-state index in [4.69, 9.17) is 5.73 Å². The summed E-state index contributed by atoms with van der Waals surface area (Å²) < 4.78 is 0.773. The second-order valence-corrected chi connectivity index (χ2v) is 5.46. The van der Waals surface area contributed by atoms with Gasteiger partial charge < -0.3 is 11.1 Å². The molecule has 1 aromatic rings. The number of nitrogens with one attached hydrogen (secondary N) is 1. The average Bonchev–Trinajstić information content (AvgIpc) is 2.32. The first-order chi connectivity index (χ1) is 8.54. The first kappa shape index (κ1) is 15.0. The van der Waals surface area contributed by atoms with Crippen LogP contribution in [0.5, 0.6) is 0 Å². The van der Waals surface area contributed by atoms with Crippen molar-refractivity contribution in [2.75, 3.05) is 5.73 Å². The summed E-state index contributed by atoms with van der Waals surface area (Å²) in [6.07, 6.45) is 4.57. The molecule has 0 saturated heterocycles. The minimum absolute atomic E-state index is 0.0711. The van der Waals surface area contributed by atoms with Crippen molar-refractivity contribution in [3.05, 3.63) is 28.2 Å². The van der Waals surface area contributed by atoms with Crippen LogP contribution in [0.25, 0.3) is 0 Å². The zero-order valence-electron chi connectivity index (χ0n) is 11.0. The smallest absolute Gasteiger partial charge is 0.252 e. The Bertz CT molecular complexity index is 407. The van der Waals surface area contributed by atoms with Crippen molar-refractivity contribution in [3.63, 3.8) is 0 Å². The highest BCUT2D eigenvalue weighted by Crippen LogP contribution is 2.19. The first-order valence-electron chi connectivity index (χ1n) is 6.40. The number of halogens is 1. The summed E-state index contributed by atoms with van der Waals surface area (Å²) in [6.45, 7) is 4.21. The molecule has 3 nitrogen and oxygen atoms in total. The second-order valence-electron chi connectivity index (χ2n) is 4.61. The Hall–Kier alpha value is -1.03. The number of nitrogen functional groups attached to an aromatic ring is 1. The second kappa shape index (κ2) is 7.41. The molecule has 3 N–H and O–H groups in total. The molecular formula is C14H21BrN2O. The van der Waals surface area contributed by atoms with E-state index in [-0.39, 0.29) is 11.9 Å². The third-order valence-electron chi connectivity index (χ3n) is 2.85. The van der Waals surface area contributed by atoms with Gasteiger partial charge in [-0.05, 0) is 47.5 Å². The highest BCUT2D eigenvalue weighted by molar-refractivity contribution is 9.10. The fourth-order valence-corrected chi connectivity index (χ4v) is 2.22. The van der Waals surface area contributed by atoms with Gasteiger partial charge in [0, 0.05) is 16.2 Å². The topological polar surface area (TPSA) is 55.1 Å². The van der Waals surface area contributed by atoms with E-state index < -0.39 is 0 Å². The molecule has 0 aromatic heterocycles. The molecule has 1 unspecified atom stereocenters. The van der Waals surface area contributed by atoms with E-state index in [1.165, 1.54) is 12.8 Å². The fourth-order valence-electron chi connectivity index (χ4n) is 1.79. The highest BCUT2D eigenvalue weighted by atomic mass is 79.9. The van der Waals surface area contributed by atoms with Gasteiger partial charge in [0.15, 0.2) is 0 Å². The van der Waals surface area contributed by atoms with Crippen molar-refractivity contribution in [3.8, 4) is 0 Å². The van der Waals surface area contributed by atoms with Gasteiger partial charge in [-0.25, -0.2) is 0 Å². The zero-order chi connectivity index (χ0) is 13.5. The Morgan fingerprint density at radius 3 is 2.83 bits per heavy atom. The number of unbranched alkanes of at least 4 members (excludes halogenated alkanes) is 2. The quantitative estimate of drug-likeness (QED) is 0.621. The van der Waals surface area contributed by atoms with Crippen molar-refractivity contribution >= 4 is 27.5 Å². The van der Waals surface area contributed by atoms with E-state index in [2.05, 4.69) is 28.2 Å². The maximum absolute atomic E-state index is 12.1. The van der Waals surface area contributed by atoms with Gasteiger partial charge in [-0.2, -0.15) is 0 Å². The Kier molecular flexibility index (Phi) is 6.19. The number of anilines is 1. The van der Waals surface area contributed by atoms with E-state index in [1.807, 2.05) is 6.92 Å². The normalized spacial score (nSPS) is 12.2. The molecule has 1 amide bonds. The number of hydrogen-bond donors (Lipinski definition) is 2. The van der Waals surface area contributed by atoms with Crippen LogP contribution in [0.15, 0.2) is 22.7 Å². The van der Waals surface area contributed by atoms with Crippen molar-refractivity contribution in [2.24, 2.45) is 0 Å². The van der Waals surface area contributed by atoms with Crippen LogP contribution in [0.3, 0.4) is 0 Å². The summed E-state index contributed by atoms with van der Waals surface area (Å²) in [4.78, 5) is 12.1. The summed E-state index contributed by atoms with van der Waals surface area (Å²) in [6, 6.07) is 5.45. The highest BCUT2D eigenvalue weighted by Gasteiger charge is 2.12. The van der Waals surface area contributed by atoms with Crippen LogP contribution in [0, 0.1) is 0 Å². The van der Waals surface area contributed by atoms with E-state index in [9.17, 15) is 4.79 Å². The van der Waals surface area contributed by atoms with Gasteiger partial charge >= 0.3 is 0 Å². The number of hydrogen-bond acceptors (Lipinski definition) is 2. The van der Waals surface area contributed by atoms with E-state index >= 15 is 0 Å². The molecule has 0 radical (unpaired) electrons. The molecule has 0 saturated carbocycles. The standard InChI is InChI=1S/C14H21BrN2O/c1-3-4-5-6-10(2)17-14(18)12-9-11(16)7-8-13(12)15/h7-10H,3-6,16H2,1-2H3,(H,17,18). The minimum atomic E-state index is -0.0711. The van der Waals surface area contributed by atoms with Crippen molar-refractivity contribution in [2.45, 2.75) is 45.6 Å². The number of amides is 1. The molecular weight excluding hydrogens is 292 g/mol. The van der Waals surface area contributed by atoms with Gasteiger partial charge in [0.1, 0.15) is 0 Å². The van der Waals surface area contributed by atoms with Gasteiger partial charge in [-0.1, -0.05) is 26.2 Å². The molecule has 4 heteroatoms. The number of nitrogens with two attached hydrogens (primary N) is 1. The Balaban J connectivity index is 2.56. The summed E-state index contributed by atoms with van der Waals surface area (Å²) in [5.41, 5.74) is 6.89. The van der Waals surface area contributed by atoms with Gasteiger partial charge in [-0.3, -0.25) is 4.79 Å². The van der Waals surface area contributed by atoms with Crippen LogP contribution in [0.2, 0.25) is 0 Å². The van der Waals surface area contributed by atoms with Gasteiger partial charge in [0.25, 0.3) is 5.91 Å². The summed E-state index contributed by atoms with van der Waals surface area (Å²) in [7, 11) is 0. The number of rotatable bonds is 6. The Morgan fingerprint density at radius 1 is 1.44 bits per heavy atom. The molecule has 1 atom stereocenters.